The van der Waals surface area contributed by atoms with Gasteiger partial charge in [-0.15, -0.1) is 0 Å². The fourth-order valence-corrected chi connectivity index (χ4v) is 4.09. The molecule has 1 saturated carbocycles. The smallest absolute Gasteiger partial charge is 0.220 e. The third-order valence-corrected chi connectivity index (χ3v) is 5.51. The molecule has 1 fully saturated rings. The van der Waals surface area contributed by atoms with Crippen LogP contribution < -0.4 is 5.73 Å². The van der Waals surface area contributed by atoms with E-state index in [1.807, 2.05) is 12.1 Å². The van der Waals surface area contributed by atoms with Crippen molar-refractivity contribution in [3.63, 3.8) is 0 Å². The molecule has 112 valence electrons. The lowest BCUT2D eigenvalue weighted by molar-refractivity contribution is -0.125. The minimum atomic E-state index is -0.186. The van der Waals surface area contributed by atoms with Crippen molar-refractivity contribution in [2.45, 2.75) is 18.9 Å². The Labute approximate surface area is 146 Å². The lowest BCUT2D eigenvalue weighted by Crippen LogP contribution is -2.36. The van der Waals surface area contributed by atoms with Crippen LogP contribution in [0.1, 0.15) is 18.9 Å². The lowest BCUT2D eigenvalue weighted by atomic mass is 9.79. The molecule has 0 bridgehead atoms. The SMILES string of the molecule is NC(=O)[C@H]1C[C@H](n2c3ccc(Cl)cc3c3cc(I)ccc32)C1. The zero-order valence-electron chi connectivity index (χ0n) is 11.7. The number of benzene rings is 2. The van der Waals surface area contributed by atoms with E-state index in [1.54, 1.807) is 0 Å². The maximum absolute atomic E-state index is 11.3. The molecule has 3 nitrogen and oxygen atoms in total. The minimum absolute atomic E-state index is 0.00801. The first kappa shape index (κ1) is 14.3. The normalized spacial score (nSPS) is 21.2. The second kappa shape index (κ2) is 5.13. The van der Waals surface area contributed by atoms with Crippen LogP contribution in [0.5, 0.6) is 0 Å². The van der Waals surface area contributed by atoms with Crippen molar-refractivity contribution in [3.8, 4) is 0 Å². The fourth-order valence-electron chi connectivity index (χ4n) is 3.42. The van der Waals surface area contributed by atoms with Crippen LogP contribution in [-0.2, 0) is 4.79 Å². The summed E-state index contributed by atoms with van der Waals surface area (Å²) in [6, 6.07) is 12.8. The van der Waals surface area contributed by atoms with E-state index < -0.39 is 0 Å². The predicted octanol–water partition coefficient (Wildman–Crippen LogP) is 4.49. The minimum Gasteiger partial charge on any atom is -0.369 e. The summed E-state index contributed by atoms with van der Waals surface area (Å²) >= 11 is 8.52. The second-order valence-electron chi connectivity index (χ2n) is 5.92. The molecule has 1 aliphatic carbocycles. The van der Waals surface area contributed by atoms with Gasteiger partial charge in [-0.05, 0) is 71.8 Å². The highest BCUT2D eigenvalue weighted by molar-refractivity contribution is 14.1. The van der Waals surface area contributed by atoms with Crippen LogP contribution in [0.2, 0.25) is 5.02 Å². The molecule has 0 spiro atoms. The van der Waals surface area contributed by atoms with Crippen molar-refractivity contribution >= 4 is 61.9 Å². The Morgan fingerprint density at radius 1 is 1.14 bits per heavy atom. The molecule has 5 heteroatoms. The molecule has 3 aromatic rings. The summed E-state index contributed by atoms with van der Waals surface area (Å²) in [4.78, 5) is 11.3. The molecule has 2 aromatic carbocycles. The van der Waals surface area contributed by atoms with Crippen LogP contribution in [0.25, 0.3) is 21.8 Å². The number of aromatic nitrogens is 1. The van der Waals surface area contributed by atoms with E-state index in [2.05, 4.69) is 51.4 Å². The first-order valence-electron chi connectivity index (χ1n) is 7.22. The Hall–Kier alpha value is -1.27. The maximum Gasteiger partial charge on any atom is 0.220 e. The number of fused-ring (bicyclic) bond motifs is 3. The first-order chi connectivity index (χ1) is 10.5. The lowest BCUT2D eigenvalue weighted by Gasteiger charge is -2.35. The highest BCUT2D eigenvalue weighted by Gasteiger charge is 2.35. The van der Waals surface area contributed by atoms with Gasteiger partial charge >= 0.3 is 0 Å². The Balaban J connectivity index is 1.94. The van der Waals surface area contributed by atoms with Crippen LogP contribution in [0.15, 0.2) is 36.4 Å². The molecule has 1 aromatic heterocycles. The van der Waals surface area contributed by atoms with Gasteiger partial charge in [-0.25, -0.2) is 0 Å². The number of halogens is 2. The number of primary amides is 1. The average molecular weight is 425 g/mol. The largest absolute Gasteiger partial charge is 0.369 e. The number of carbonyl (C=O) groups excluding carboxylic acids is 1. The van der Waals surface area contributed by atoms with Gasteiger partial charge in [0, 0.05) is 42.4 Å². The van der Waals surface area contributed by atoms with Gasteiger partial charge in [-0.3, -0.25) is 4.79 Å². The van der Waals surface area contributed by atoms with Gasteiger partial charge in [0.25, 0.3) is 0 Å². The number of rotatable bonds is 2. The van der Waals surface area contributed by atoms with Crippen molar-refractivity contribution in [2.24, 2.45) is 11.7 Å². The molecule has 4 rings (SSSR count). The fraction of sp³-hybridized carbons (Fsp3) is 0.235. The summed E-state index contributed by atoms with van der Waals surface area (Å²) in [5.41, 5.74) is 7.79. The van der Waals surface area contributed by atoms with E-state index in [4.69, 9.17) is 17.3 Å². The summed E-state index contributed by atoms with van der Waals surface area (Å²) < 4.78 is 3.55. The van der Waals surface area contributed by atoms with Crippen LogP contribution in [-0.4, -0.2) is 10.5 Å². The van der Waals surface area contributed by atoms with Gasteiger partial charge in [-0.2, -0.15) is 0 Å². The van der Waals surface area contributed by atoms with Crippen LogP contribution in [0.3, 0.4) is 0 Å². The summed E-state index contributed by atoms with van der Waals surface area (Å²) in [7, 11) is 0. The van der Waals surface area contributed by atoms with E-state index in [1.165, 1.54) is 25.4 Å². The number of nitrogens with two attached hydrogens (primary N) is 1. The van der Waals surface area contributed by atoms with Crippen LogP contribution in [0.4, 0.5) is 0 Å². The quantitative estimate of drug-likeness (QED) is 0.606. The highest BCUT2D eigenvalue weighted by atomic mass is 127. The number of carbonyl (C=O) groups is 1. The molecule has 0 aliphatic heterocycles. The van der Waals surface area contributed by atoms with Gasteiger partial charge in [0.1, 0.15) is 0 Å². The second-order valence-corrected chi connectivity index (χ2v) is 7.60. The molecule has 0 radical (unpaired) electrons. The van der Waals surface area contributed by atoms with E-state index >= 15 is 0 Å². The molecule has 1 aliphatic rings. The molecule has 1 amide bonds. The third kappa shape index (κ3) is 2.12. The summed E-state index contributed by atoms with van der Waals surface area (Å²) in [6.07, 6.45) is 1.64. The summed E-state index contributed by atoms with van der Waals surface area (Å²) in [5.74, 6) is -0.178. The Bertz CT molecular complexity index is 853. The van der Waals surface area contributed by atoms with Crippen LogP contribution >= 0.6 is 34.2 Å². The van der Waals surface area contributed by atoms with E-state index in [0.717, 1.165) is 17.9 Å². The molecule has 0 unspecified atom stereocenters. The van der Waals surface area contributed by atoms with Gasteiger partial charge in [0.2, 0.25) is 5.91 Å². The molecule has 22 heavy (non-hydrogen) atoms. The highest BCUT2D eigenvalue weighted by Crippen LogP contribution is 2.43. The standard InChI is InChI=1S/C17H14ClIN2O/c18-10-1-3-15-13(7-10)14-8-11(19)2-4-16(14)21(15)12-5-9(6-12)17(20)22/h1-4,7-9,12H,5-6H2,(H2,20,22)/t9-,12-. The van der Waals surface area contributed by atoms with Crippen LogP contribution in [0, 0.1) is 9.49 Å². The predicted molar refractivity (Wildman–Crippen MR) is 98.1 cm³/mol. The Morgan fingerprint density at radius 3 is 2.45 bits per heavy atom. The number of amides is 1. The Morgan fingerprint density at radius 2 is 1.77 bits per heavy atom. The molecular weight excluding hydrogens is 411 g/mol. The molecule has 2 N–H and O–H groups in total. The van der Waals surface area contributed by atoms with Crippen molar-refractivity contribution in [2.75, 3.05) is 0 Å². The topological polar surface area (TPSA) is 48.0 Å². The monoisotopic (exact) mass is 424 g/mol. The number of hydrogen-bond donors (Lipinski definition) is 1. The molecule has 0 saturated heterocycles. The average Bonchev–Trinajstić information content (AvgIpc) is 2.71. The van der Waals surface area contributed by atoms with Gasteiger partial charge in [0.15, 0.2) is 0 Å². The van der Waals surface area contributed by atoms with Crippen molar-refractivity contribution < 1.29 is 4.79 Å². The van der Waals surface area contributed by atoms with Crippen molar-refractivity contribution in [1.82, 2.24) is 4.57 Å². The van der Waals surface area contributed by atoms with E-state index in [0.29, 0.717) is 6.04 Å². The molecular formula is C17H14ClIN2O. The summed E-state index contributed by atoms with van der Waals surface area (Å²) in [6.45, 7) is 0. The van der Waals surface area contributed by atoms with Gasteiger partial charge in [0.05, 0.1) is 0 Å². The van der Waals surface area contributed by atoms with Gasteiger partial charge in [-0.1, -0.05) is 11.6 Å². The zero-order valence-corrected chi connectivity index (χ0v) is 14.6. The third-order valence-electron chi connectivity index (χ3n) is 4.61. The molecule has 1 heterocycles. The Kier molecular flexibility index (Phi) is 3.34. The summed E-state index contributed by atoms with van der Waals surface area (Å²) in [5, 5.41) is 3.13. The first-order valence-corrected chi connectivity index (χ1v) is 8.68. The van der Waals surface area contributed by atoms with Crippen molar-refractivity contribution in [3.05, 3.63) is 45.0 Å². The molecule has 0 atom stereocenters. The number of hydrogen-bond acceptors (Lipinski definition) is 1. The number of nitrogens with zero attached hydrogens (tertiary/aromatic N) is 1. The maximum atomic E-state index is 11.3. The van der Waals surface area contributed by atoms with E-state index in [-0.39, 0.29) is 11.8 Å². The van der Waals surface area contributed by atoms with Crippen molar-refractivity contribution in [1.29, 1.82) is 0 Å². The zero-order chi connectivity index (χ0) is 15.4. The van der Waals surface area contributed by atoms with Gasteiger partial charge < -0.3 is 10.3 Å². The van der Waals surface area contributed by atoms with E-state index in [9.17, 15) is 4.79 Å².